The lowest BCUT2D eigenvalue weighted by atomic mass is 10.1. The van der Waals surface area contributed by atoms with E-state index in [1.54, 1.807) is 24.4 Å². The van der Waals surface area contributed by atoms with Gasteiger partial charge in [0.25, 0.3) is 11.7 Å². The van der Waals surface area contributed by atoms with E-state index in [2.05, 4.69) is 20.4 Å². The van der Waals surface area contributed by atoms with Crippen LogP contribution >= 0.6 is 23.2 Å². The van der Waals surface area contributed by atoms with Gasteiger partial charge in [-0.05, 0) is 42.8 Å². The fraction of sp³-hybridized carbons (Fsp3) is 0.0870. The summed E-state index contributed by atoms with van der Waals surface area (Å²) in [7, 11) is 0. The molecule has 0 saturated heterocycles. The van der Waals surface area contributed by atoms with Crippen LogP contribution in [0.2, 0.25) is 10.0 Å². The molecular weight excluding hydrogens is 449 g/mol. The van der Waals surface area contributed by atoms with Gasteiger partial charge in [-0.1, -0.05) is 40.9 Å². The first-order chi connectivity index (χ1) is 15.5. The van der Waals surface area contributed by atoms with Gasteiger partial charge < -0.3 is 8.98 Å². The Kier molecular flexibility index (Phi) is 5.20. The molecule has 0 unspecified atom stereocenters. The number of hydrogen-bond donors (Lipinski definition) is 0. The molecule has 0 aliphatic carbocycles. The van der Waals surface area contributed by atoms with Crippen molar-refractivity contribution in [3.05, 3.63) is 93.7 Å². The minimum Gasteiger partial charge on any atom is -0.413 e. The van der Waals surface area contributed by atoms with Gasteiger partial charge in [0.05, 0.1) is 23.5 Å². The van der Waals surface area contributed by atoms with Gasteiger partial charge in [-0.3, -0.25) is 4.79 Å². The van der Waals surface area contributed by atoms with Crippen molar-refractivity contribution in [1.29, 1.82) is 0 Å². The summed E-state index contributed by atoms with van der Waals surface area (Å²) >= 11 is 12.4. The number of carbonyl (C=O) groups is 1. The molecule has 0 atom stereocenters. The van der Waals surface area contributed by atoms with Crippen LogP contribution in [0.5, 0.6) is 0 Å². The number of benzene rings is 2. The molecule has 0 N–H and O–H groups in total. The molecule has 5 rings (SSSR count). The summed E-state index contributed by atoms with van der Waals surface area (Å²) in [6.07, 6.45) is 4.79. The first kappa shape index (κ1) is 20.4. The lowest BCUT2D eigenvalue weighted by Gasteiger charge is -2.08. The van der Waals surface area contributed by atoms with Crippen molar-refractivity contribution in [3.63, 3.8) is 0 Å². The summed E-state index contributed by atoms with van der Waals surface area (Å²) in [5.41, 5.74) is 3.86. The minimum atomic E-state index is -0.359. The van der Waals surface area contributed by atoms with Crippen molar-refractivity contribution in [1.82, 2.24) is 25.0 Å². The molecule has 32 heavy (non-hydrogen) atoms. The maximum absolute atomic E-state index is 13.3. The molecule has 9 heteroatoms. The second-order valence-electron chi connectivity index (χ2n) is 7.30. The SMILES string of the molecule is Cc1ccc2c(c1)c(C(=O)c1nnc(-c3ccnnc3)o1)cn2Cc1ccc(Cl)cc1Cl. The summed E-state index contributed by atoms with van der Waals surface area (Å²) in [6, 6.07) is 13.0. The van der Waals surface area contributed by atoms with Crippen LogP contribution in [0.15, 0.2) is 65.5 Å². The average Bonchev–Trinajstić information content (AvgIpc) is 3.41. The average molecular weight is 464 g/mol. The number of hydrogen-bond acceptors (Lipinski definition) is 6. The van der Waals surface area contributed by atoms with Gasteiger partial charge in [-0.25, -0.2) is 0 Å². The van der Waals surface area contributed by atoms with E-state index in [1.807, 2.05) is 35.8 Å². The predicted octanol–water partition coefficient (Wildman–Crippen LogP) is 5.38. The molecule has 0 spiro atoms. The fourth-order valence-electron chi connectivity index (χ4n) is 3.52. The Morgan fingerprint density at radius 3 is 2.72 bits per heavy atom. The third-order valence-corrected chi connectivity index (χ3v) is 5.67. The molecule has 0 saturated carbocycles. The minimum absolute atomic E-state index is 0.0955. The second kappa shape index (κ2) is 8.18. The van der Waals surface area contributed by atoms with E-state index in [0.29, 0.717) is 27.7 Å². The molecular formula is C23H15Cl2N5O2. The molecule has 0 bridgehead atoms. The quantitative estimate of drug-likeness (QED) is 0.325. The molecule has 7 nitrogen and oxygen atoms in total. The fourth-order valence-corrected chi connectivity index (χ4v) is 3.99. The van der Waals surface area contributed by atoms with Gasteiger partial charge in [0.1, 0.15) is 0 Å². The Balaban J connectivity index is 1.56. The number of fused-ring (bicyclic) bond motifs is 1. The summed E-state index contributed by atoms with van der Waals surface area (Å²) in [5.74, 6) is -0.250. The molecule has 0 aliphatic rings. The molecule has 3 aromatic heterocycles. The highest BCUT2D eigenvalue weighted by Gasteiger charge is 2.23. The Morgan fingerprint density at radius 1 is 1.06 bits per heavy atom. The number of carbonyl (C=O) groups excluding carboxylic acids is 1. The zero-order valence-corrected chi connectivity index (χ0v) is 18.3. The van der Waals surface area contributed by atoms with E-state index < -0.39 is 0 Å². The highest BCUT2D eigenvalue weighted by Crippen LogP contribution is 2.28. The lowest BCUT2D eigenvalue weighted by Crippen LogP contribution is -2.02. The first-order valence-electron chi connectivity index (χ1n) is 9.68. The number of ketones is 1. The molecule has 5 aromatic rings. The van der Waals surface area contributed by atoms with Gasteiger partial charge in [0.15, 0.2) is 0 Å². The first-order valence-corrected chi connectivity index (χ1v) is 10.4. The molecule has 3 heterocycles. The summed E-state index contributed by atoms with van der Waals surface area (Å²) < 4.78 is 7.61. The van der Waals surface area contributed by atoms with Crippen LogP contribution in [0.1, 0.15) is 27.4 Å². The molecule has 0 aliphatic heterocycles. The maximum Gasteiger partial charge on any atom is 0.289 e. The molecule has 158 valence electrons. The highest BCUT2D eigenvalue weighted by atomic mass is 35.5. The van der Waals surface area contributed by atoms with E-state index in [4.69, 9.17) is 27.6 Å². The molecule has 2 aromatic carbocycles. The van der Waals surface area contributed by atoms with Crippen LogP contribution in [-0.4, -0.2) is 30.7 Å². The van der Waals surface area contributed by atoms with Crippen molar-refractivity contribution in [2.45, 2.75) is 13.5 Å². The Hall–Kier alpha value is -3.55. The van der Waals surface area contributed by atoms with Crippen LogP contribution in [0.4, 0.5) is 0 Å². The van der Waals surface area contributed by atoms with Crippen LogP contribution in [0.3, 0.4) is 0 Å². The van der Waals surface area contributed by atoms with Crippen LogP contribution in [0, 0.1) is 6.92 Å². The molecule has 0 amide bonds. The smallest absolute Gasteiger partial charge is 0.289 e. The summed E-state index contributed by atoms with van der Waals surface area (Å²) in [5, 5.41) is 17.4. The topological polar surface area (TPSA) is 86.7 Å². The Bertz CT molecular complexity index is 1460. The zero-order chi connectivity index (χ0) is 22.2. The predicted molar refractivity (Wildman–Crippen MR) is 121 cm³/mol. The summed E-state index contributed by atoms with van der Waals surface area (Å²) in [4.78, 5) is 13.3. The number of aryl methyl sites for hydroxylation is 1. The van der Waals surface area contributed by atoms with Gasteiger partial charge in [-0.2, -0.15) is 10.2 Å². The van der Waals surface area contributed by atoms with E-state index >= 15 is 0 Å². The van der Waals surface area contributed by atoms with Gasteiger partial charge >= 0.3 is 0 Å². The maximum atomic E-state index is 13.3. The van der Waals surface area contributed by atoms with Gasteiger partial charge in [-0.15, -0.1) is 10.2 Å². The van der Waals surface area contributed by atoms with E-state index in [0.717, 1.165) is 22.0 Å². The number of halogens is 2. The van der Waals surface area contributed by atoms with E-state index in [1.165, 1.54) is 12.4 Å². The van der Waals surface area contributed by atoms with Gasteiger partial charge in [0.2, 0.25) is 5.89 Å². The number of rotatable bonds is 5. The monoisotopic (exact) mass is 463 g/mol. The van der Waals surface area contributed by atoms with E-state index in [-0.39, 0.29) is 17.6 Å². The third-order valence-electron chi connectivity index (χ3n) is 5.09. The standard InChI is InChI=1S/C23H15Cl2N5O2/c1-13-2-5-20-17(8-13)18(12-30(20)11-15-3-4-16(24)9-19(15)25)21(31)23-29-28-22(32-23)14-6-7-26-27-10-14/h2-10,12H,11H2,1H3. The Morgan fingerprint density at radius 2 is 1.94 bits per heavy atom. The van der Waals surface area contributed by atoms with Crippen molar-refractivity contribution in [2.24, 2.45) is 0 Å². The summed E-state index contributed by atoms with van der Waals surface area (Å²) in [6.45, 7) is 2.45. The third kappa shape index (κ3) is 3.77. The largest absolute Gasteiger partial charge is 0.413 e. The van der Waals surface area contributed by atoms with E-state index in [9.17, 15) is 4.79 Å². The zero-order valence-electron chi connectivity index (χ0n) is 16.8. The van der Waals surface area contributed by atoms with Crippen molar-refractivity contribution in [2.75, 3.05) is 0 Å². The second-order valence-corrected chi connectivity index (χ2v) is 8.14. The van der Waals surface area contributed by atoms with Crippen molar-refractivity contribution < 1.29 is 9.21 Å². The van der Waals surface area contributed by atoms with Crippen molar-refractivity contribution >= 4 is 39.9 Å². The lowest BCUT2D eigenvalue weighted by molar-refractivity contribution is 0.100. The molecule has 0 radical (unpaired) electrons. The van der Waals surface area contributed by atoms with Crippen LogP contribution in [-0.2, 0) is 6.54 Å². The van der Waals surface area contributed by atoms with Crippen LogP contribution in [0.25, 0.3) is 22.4 Å². The highest BCUT2D eigenvalue weighted by molar-refractivity contribution is 6.35. The number of aromatic nitrogens is 5. The van der Waals surface area contributed by atoms with Crippen LogP contribution < -0.4 is 0 Å². The van der Waals surface area contributed by atoms with Crippen molar-refractivity contribution in [3.8, 4) is 11.5 Å². The molecule has 0 fully saturated rings. The Labute approximate surface area is 192 Å². The normalized spacial score (nSPS) is 11.2. The number of nitrogens with zero attached hydrogens (tertiary/aromatic N) is 5. The van der Waals surface area contributed by atoms with Gasteiger partial charge in [0, 0.05) is 33.7 Å².